The lowest BCUT2D eigenvalue weighted by Gasteiger charge is -2.38. The zero-order chi connectivity index (χ0) is 19.4. The molecule has 9 nitrogen and oxygen atoms in total. The van der Waals surface area contributed by atoms with Crippen molar-refractivity contribution >= 4 is 25.8 Å². The number of hydrogen-bond donors (Lipinski definition) is 4. The van der Waals surface area contributed by atoms with Crippen LogP contribution < -0.4 is 5.73 Å². The van der Waals surface area contributed by atoms with Gasteiger partial charge in [0.15, 0.2) is 16.8 Å². The van der Waals surface area contributed by atoms with Gasteiger partial charge in [-0.1, -0.05) is 33.9 Å². The van der Waals surface area contributed by atoms with Gasteiger partial charge in [0.1, 0.15) is 30.2 Å². The molecule has 3 rings (SSSR count). The van der Waals surface area contributed by atoms with Crippen LogP contribution in [0.25, 0.3) is 11.2 Å². The Kier molecular flexibility index (Phi) is 4.60. The third-order valence-corrected chi connectivity index (χ3v) is 7.58. The lowest BCUT2D eigenvalue weighted by Crippen LogP contribution is -2.54. The summed E-state index contributed by atoms with van der Waals surface area (Å²) in [4.78, 5) is 12.5. The molecule has 0 spiro atoms. The van der Waals surface area contributed by atoms with Gasteiger partial charge in [-0.05, 0) is 5.41 Å². The summed E-state index contributed by atoms with van der Waals surface area (Å²) in [6.07, 6.45) is -1.54. The molecule has 0 radical (unpaired) electrons. The normalized spacial score (nSPS) is 31.0. The van der Waals surface area contributed by atoms with Crippen LogP contribution in [-0.2, 0) is 10.1 Å². The second kappa shape index (κ2) is 6.24. The Hall–Kier alpha value is -1.59. The summed E-state index contributed by atoms with van der Waals surface area (Å²) in [6.45, 7) is 9.56. The van der Waals surface area contributed by atoms with E-state index in [0.29, 0.717) is 11.2 Å². The molecule has 0 aliphatic carbocycles. The van der Waals surface area contributed by atoms with Crippen molar-refractivity contribution in [1.82, 2.24) is 19.5 Å². The van der Waals surface area contributed by atoms with Gasteiger partial charge in [0.2, 0.25) is 0 Å². The maximum atomic E-state index is 11.0. The maximum absolute atomic E-state index is 11.0. The molecule has 0 amide bonds. The molecule has 1 aliphatic rings. The van der Waals surface area contributed by atoms with Gasteiger partial charge >= 0.3 is 0 Å². The number of aromatic nitrogens is 4. The van der Waals surface area contributed by atoms with Gasteiger partial charge in [-0.25, -0.2) is 15.0 Å². The lowest BCUT2D eigenvalue weighted by molar-refractivity contribution is -0.134. The molecular formula is C16H27N5O4Si. The quantitative estimate of drug-likeness (QED) is 0.527. The number of ether oxygens (including phenoxy) is 1. The Morgan fingerprint density at radius 1 is 1.27 bits per heavy atom. The number of nitrogens with zero attached hydrogens (tertiary/aromatic N) is 4. The smallest absolute Gasteiger partial charge is 0.167 e. The molecule has 26 heavy (non-hydrogen) atoms. The Balaban J connectivity index is 2.15. The molecule has 144 valence electrons. The zero-order valence-corrected chi connectivity index (χ0v) is 16.8. The Morgan fingerprint density at radius 3 is 2.50 bits per heavy atom. The molecule has 3 heterocycles. The number of nitrogen functional groups attached to an aromatic ring is 1. The molecule has 1 saturated heterocycles. The molecule has 5 atom stereocenters. The maximum Gasteiger partial charge on any atom is 0.167 e. The average molecular weight is 382 g/mol. The minimum atomic E-state index is -1.83. The van der Waals surface area contributed by atoms with E-state index in [4.69, 9.17) is 10.5 Å². The number of imidazole rings is 1. The van der Waals surface area contributed by atoms with Crippen molar-refractivity contribution in [2.24, 2.45) is 5.41 Å². The largest absolute Gasteiger partial charge is 0.390 e. The molecule has 2 aromatic rings. The Morgan fingerprint density at radius 2 is 1.92 bits per heavy atom. The summed E-state index contributed by atoms with van der Waals surface area (Å²) in [5.41, 5.74) is 6.19. The molecule has 10 heteroatoms. The van der Waals surface area contributed by atoms with Crippen LogP contribution in [0.4, 0.5) is 5.82 Å². The van der Waals surface area contributed by atoms with Gasteiger partial charge in [0, 0.05) is 0 Å². The zero-order valence-electron chi connectivity index (χ0n) is 15.7. The van der Waals surface area contributed by atoms with Gasteiger partial charge in [-0.2, -0.15) is 0 Å². The van der Waals surface area contributed by atoms with Crippen molar-refractivity contribution in [3.63, 3.8) is 0 Å². The number of aliphatic hydroxyl groups excluding tert-OH is 3. The first-order valence-electron chi connectivity index (χ1n) is 8.67. The number of rotatable bonds is 3. The third kappa shape index (κ3) is 2.64. The van der Waals surface area contributed by atoms with E-state index in [1.54, 1.807) is 4.57 Å². The fourth-order valence-electron chi connectivity index (χ4n) is 3.59. The molecule has 0 aromatic carbocycles. The van der Waals surface area contributed by atoms with E-state index in [0.717, 1.165) is 0 Å². The van der Waals surface area contributed by atoms with Crippen LogP contribution in [0.15, 0.2) is 12.7 Å². The SMILES string of the molecule is C[SiH](C)[C@@]1(n2cnc3c(N)ncnc32)O[C@H](C(O)C(C)(C)C)[C@@H](O)[C@H]1O. The number of nitrogens with two attached hydrogens (primary N) is 1. The second-order valence-electron chi connectivity index (χ2n) is 8.28. The first-order chi connectivity index (χ1) is 12.0. The highest BCUT2D eigenvalue weighted by Gasteiger charge is 2.60. The number of fused-ring (bicyclic) bond motifs is 1. The number of aliphatic hydroxyl groups is 3. The van der Waals surface area contributed by atoms with E-state index in [-0.39, 0.29) is 5.82 Å². The highest BCUT2D eigenvalue weighted by atomic mass is 28.3. The minimum Gasteiger partial charge on any atom is -0.390 e. The van der Waals surface area contributed by atoms with Crippen LogP contribution >= 0.6 is 0 Å². The Labute approximate surface area is 153 Å². The predicted molar refractivity (Wildman–Crippen MR) is 98.9 cm³/mol. The van der Waals surface area contributed by atoms with Crippen molar-refractivity contribution in [3.8, 4) is 0 Å². The monoisotopic (exact) mass is 381 g/mol. The first kappa shape index (κ1) is 19.2. The molecule has 5 N–H and O–H groups in total. The lowest BCUT2D eigenvalue weighted by atomic mass is 9.84. The topological polar surface area (TPSA) is 140 Å². The highest BCUT2D eigenvalue weighted by Crippen LogP contribution is 2.43. The van der Waals surface area contributed by atoms with Gasteiger partial charge < -0.3 is 25.8 Å². The summed E-state index contributed by atoms with van der Waals surface area (Å²) in [6, 6.07) is 0. The number of hydrogen-bond acceptors (Lipinski definition) is 8. The summed E-state index contributed by atoms with van der Waals surface area (Å²) in [7, 11) is -1.83. The van der Waals surface area contributed by atoms with E-state index in [1.807, 2.05) is 33.9 Å². The van der Waals surface area contributed by atoms with Crippen molar-refractivity contribution in [1.29, 1.82) is 0 Å². The molecule has 0 bridgehead atoms. The van der Waals surface area contributed by atoms with Crippen LogP contribution in [0.5, 0.6) is 0 Å². The molecule has 1 aliphatic heterocycles. The van der Waals surface area contributed by atoms with Crippen LogP contribution in [-0.4, -0.2) is 68.1 Å². The first-order valence-corrected chi connectivity index (χ1v) is 11.6. The summed E-state index contributed by atoms with van der Waals surface area (Å²) >= 11 is 0. The van der Waals surface area contributed by atoms with E-state index < -0.39 is 44.0 Å². The van der Waals surface area contributed by atoms with E-state index >= 15 is 0 Å². The fourth-order valence-corrected chi connectivity index (χ4v) is 5.64. The van der Waals surface area contributed by atoms with Crippen LogP contribution in [0, 0.1) is 5.41 Å². The van der Waals surface area contributed by atoms with E-state index in [1.165, 1.54) is 12.7 Å². The molecule has 0 saturated carbocycles. The fraction of sp³-hybridized carbons (Fsp3) is 0.688. The molecule has 2 aromatic heterocycles. The van der Waals surface area contributed by atoms with Crippen LogP contribution in [0.3, 0.4) is 0 Å². The van der Waals surface area contributed by atoms with Gasteiger partial charge in [-0.15, -0.1) is 0 Å². The minimum absolute atomic E-state index is 0.230. The van der Waals surface area contributed by atoms with E-state index in [9.17, 15) is 15.3 Å². The summed E-state index contributed by atoms with van der Waals surface area (Å²) in [5, 5.41) is 31.2. The standard InChI is InChI=1S/C16H27N5O4Si/c1-15(2,3)12(24)10-9(22)11(23)16(25-10,26(4)5)21-7-20-8-13(17)18-6-19-14(8)21/h6-7,9-12,22-24,26H,1-5H3,(H2,17,18,19)/t9-,10+,11-,12?,16+/m1/s1. The molecule has 1 unspecified atom stereocenters. The number of anilines is 1. The van der Waals surface area contributed by atoms with Crippen molar-refractivity contribution < 1.29 is 20.1 Å². The third-order valence-electron chi connectivity index (χ3n) is 5.17. The second-order valence-corrected chi connectivity index (χ2v) is 11.4. The van der Waals surface area contributed by atoms with Crippen LogP contribution in [0.1, 0.15) is 20.8 Å². The molecular weight excluding hydrogens is 354 g/mol. The van der Waals surface area contributed by atoms with Crippen molar-refractivity contribution in [2.45, 2.75) is 63.6 Å². The van der Waals surface area contributed by atoms with Crippen molar-refractivity contribution in [2.75, 3.05) is 5.73 Å². The summed E-state index contributed by atoms with van der Waals surface area (Å²) < 4.78 is 7.89. The summed E-state index contributed by atoms with van der Waals surface area (Å²) in [5.74, 6) is 0.230. The highest BCUT2D eigenvalue weighted by molar-refractivity contribution is 6.58. The average Bonchev–Trinajstić information content (AvgIpc) is 3.09. The van der Waals surface area contributed by atoms with E-state index in [2.05, 4.69) is 15.0 Å². The molecule has 1 fully saturated rings. The van der Waals surface area contributed by atoms with Gasteiger partial charge in [-0.3, -0.25) is 4.57 Å². The van der Waals surface area contributed by atoms with Crippen LogP contribution in [0.2, 0.25) is 13.1 Å². The van der Waals surface area contributed by atoms with Crippen molar-refractivity contribution in [3.05, 3.63) is 12.7 Å². The van der Waals surface area contributed by atoms with Gasteiger partial charge in [0.25, 0.3) is 0 Å². The Bertz CT molecular complexity index is 808. The van der Waals surface area contributed by atoms with Gasteiger partial charge in [0.05, 0.1) is 21.2 Å². The predicted octanol–water partition coefficient (Wildman–Crippen LogP) is -0.385.